The fourth-order valence-electron chi connectivity index (χ4n) is 1.51. The van der Waals surface area contributed by atoms with E-state index in [0.717, 1.165) is 10.5 Å². The molecule has 1 aromatic rings. The van der Waals surface area contributed by atoms with Gasteiger partial charge in [0, 0.05) is 0 Å². The molecule has 3 N–H and O–H groups in total. The first-order chi connectivity index (χ1) is 9.49. The predicted octanol–water partition coefficient (Wildman–Crippen LogP) is -0.398. The van der Waals surface area contributed by atoms with Crippen LogP contribution in [-0.2, 0) is 25.7 Å². The first-order valence-corrected chi connectivity index (χ1v) is 5.88. The number of aliphatic carboxylic acids is 1. The Balaban J connectivity index is 2.45. The number of benzene rings is 1. The van der Waals surface area contributed by atoms with Crippen molar-refractivity contribution in [3.05, 3.63) is 35.9 Å². The van der Waals surface area contributed by atoms with Crippen LogP contribution in [0.2, 0.25) is 0 Å². The molecule has 0 unspecified atom stereocenters. The van der Waals surface area contributed by atoms with Gasteiger partial charge in [-0.15, -0.1) is 0 Å². The van der Waals surface area contributed by atoms with E-state index in [1.165, 1.54) is 0 Å². The van der Waals surface area contributed by atoms with Crippen LogP contribution in [0.25, 0.3) is 0 Å². The van der Waals surface area contributed by atoms with E-state index in [9.17, 15) is 14.4 Å². The number of rotatable bonds is 8. The molecule has 0 spiro atoms. The molecule has 0 aliphatic rings. The zero-order chi connectivity index (χ0) is 15.0. The van der Waals surface area contributed by atoms with E-state index in [4.69, 9.17) is 15.6 Å². The quantitative estimate of drug-likeness (QED) is 0.673. The lowest BCUT2D eigenvalue weighted by Gasteiger charge is -2.18. The van der Waals surface area contributed by atoms with Crippen LogP contribution in [0.3, 0.4) is 0 Å². The Morgan fingerprint density at radius 3 is 2.35 bits per heavy atom. The lowest BCUT2D eigenvalue weighted by atomic mass is 10.2. The molecular weight excluding hydrogens is 264 g/mol. The Morgan fingerprint density at radius 2 is 1.80 bits per heavy atom. The normalized spacial score (nSPS) is 10.0. The topological polar surface area (TPSA) is 110 Å². The maximum absolute atomic E-state index is 11.7. The average molecular weight is 280 g/mol. The molecule has 0 radical (unpaired) electrons. The molecule has 20 heavy (non-hydrogen) atoms. The standard InChI is InChI=1S/C13H16N2O5/c14-11(16)6-15(7-13(18)19)12(17)9-20-8-10-4-2-1-3-5-10/h1-5H,6-9H2,(H2,14,16)(H,18,19). The van der Waals surface area contributed by atoms with Gasteiger partial charge in [-0.25, -0.2) is 0 Å². The smallest absolute Gasteiger partial charge is 0.323 e. The van der Waals surface area contributed by atoms with E-state index in [2.05, 4.69) is 0 Å². The predicted molar refractivity (Wildman–Crippen MR) is 69.5 cm³/mol. The van der Waals surface area contributed by atoms with Gasteiger partial charge in [0.1, 0.15) is 19.7 Å². The van der Waals surface area contributed by atoms with Crippen molar-refractivity contribution in [3.8, 4) is 0 Å². The molecule has 0 atom stereocenters. The highest BCUT2D eigenvalue weighted by Gasteiger charge is 2.18. The maximum atomic E-state index is 11.7. The number of hydrogen-bond donors (Lipinski definition) is 2. The largest absolute Gasteiger partial charge is 0.480 e. The minimum Gasteiger partial charge on any atom is -0.480 e. The van der Waals surface area contributed by atoms with Crippen molar-refractivity contribution in [2.45, 2.75) is 6.61 Å². The van der Waals surface area contributed by atoms with Crippen molar-refractivity contribution >= 4 is 17.8 Å². The number of amides is 2. The third-order valence-electron chi connectivity index (χ3n) is 2.36. The van der Waals surface area contributed by atoms with E-state index in [-0.39, 0.29) is 13.2 Å². The molecule has 2 amide bonds. The average Bonchev–Trinajstić information content (AvgIpc) is 2.38. The molecule has 0 heterocycles. The molecule has 7 heteroatoms. The molecule has 0 fully saturated rings. The van der Waals surface area contributed by atoms with Gasteiger partial charge < -0.3 is 20.5 Å². The second-order valence-corrected chi connectivity index (χ2v) is 4.09. The molecule has 0 aromatic heterocycles. The second kappa shape index (κ2) is 7.90. The number of carbonyl (C=O) groups excluding carboxylic acids is 2. The monoisotopic (exact) mass is 280 g/mol. The van der Waals surface area contributed by atoms with Crippen LogP contribution in [-0.4, -0.2) is 47.5 Å². The molecular formula is C13H16N2O5. The summed E-state index contributed by atoms with van der Waals surface area (Å²) >= 11 is 0. The number of nitrogens with two attached hydrogens (primary N) is 1. The van der Waals surface area contributed by atoms with Crippen LogP contribution in [0, 0.1) is 0 Å². The van der Waals surface area contributed by atoms with Crippen molar-refractivity contribution in [3.63, 3.8) is 0 Å². The Labute approximate surface area is 115 Å². The molecule has 1 rings (SSSR count). The number of carboxylic acids is 1. The van der Waals surface area contributed by atoms with Crippen LogP contribution < -0.4 is 5.73 Å². The summed E-state index contributed by atoms with van der Waals surface area (Å²) in [6, 6.07) is 9.20. The van der Waals surface area contributed by atoms with Crippen LogP contribution >= 0.6 is 0 Å². The molecule has 7 nitrogen and oxygen atoms in total. The van der Waals surface area contributed by atoms with E-state index >= 15 is 0 Å². The highest BCUT2D eigenvalue weighted by molar-refractivity contribution is 5.87. The Hall–Kier alpha value is -2.41. The minimum absolute atomic E-state index is 0.226. The van der Waals surface area contributed by atoms with E-state index < -0.39 is 30.9 Å². The zero-order valence-corrected chi connectivity index (χ0v) is 10.8. The summed E-state index contributed by atoms with van der Waals surface area (Å²) in [7, 11) is 0. The van der Waals surface area contributed by atoms with Gasteiger partial charge in [-0.2, -0.15) is 0 Å². The Kier molecular flexibility index (Phi) is 6.18. The fraction of sp³-hybridized carbons (Fsp3) is 0.308. The lowest BCUT2D eigenvalue weighted by Crippen LogP contribution is -2.43. The van der Waals surface area contributed by atoms with Gasteiger partial charge >= 0.3 is 5.97 Å². The number of nitrogens with zero attached hydrogens (tertiary/aromatic N) is 1. The van der Waals surface area contributed by atoms with Crippen LogP contribution in [0.5, 0.6) is 0 Å². The maximum Gasteiger partial charge on any atom is 0.323 e. The summed E-state index contributed by atoms with van der Waals surface area (Å²) < 4.78 is 5.19. The number of primary amides is 1. The van der Waals surface area contributed by atoms with Crippen molar-refractivity contribution in [2.75, 3.05) is 19.7 Å². The first kappa shape index (κ1) is 15.6. The molecule has 0 saturated carbocycles. The fourth-order valence-corrected chi connectivity index (χ4v) is 1.51. The summed E-state index contributed by atoms with van der Waals surface area (Å²) in [5.41, 5.74) is 5.85. The lowest BCUT2D eigenvalue weighted by molar-refractivity contribution is -0.147. The van der Waals surface area contributed by atoms with Crippen molar-refractivity contribution in [2.24, 2.45) is 5.73 Å². The number of ether oxygens (including phenoxy) is 1. The molecule has 0 saturated heterocycles. The number of carbonyl (C=O) groups is 3. The van der Waals surface area contributed by atoms with Gasteiger partial charge in [-0.05, 0) is 5.56 Å². The summed E-state index contributed by atoms with van der Waals surface area (Å²) in [6.45, 7) is -1.12. The minimum atomic E-state index is -1.22. The summed E-state index contributed by atoms with van der Waals surface area (Å²) in [4.78, 5) is 34.0. The summed E-state index contributed by atoms with van der Waals surface area (Å²) in [6.07, 6.45) is 0. The van der Waals surface area contributed by atoms with Gasteiger partial charge in [0.2, 0.25) is 11.8 Å². The van der Waals surface area contributed by atoms with Crippen molar-refractivity contribution < 1.29 is 24.2 Å². The van der Waals surface area contributed by atoms with Gasteiger partial charge in [0.05, 0.1) is 6.61 Å². The molecule has 1 aromatic carbocycles. The third-order valence-corrected chi connectivity index (χ3v) is 2.36. The van der Waals surface area contributed by atoms with Crippen molar-refractivity contribution in [1.82, 2.24) is 4.90 Å². The second-order valence-electron chi connectivity index (χ2n) is 4.09. The van der Waals surface area contributed by atoms with E-state index in [1.807, 2.05) is 30.3 Å². The molecule has 0 aliphatic carbocycles. The Bertz CT molecular complexity index is 459. The number of hydrogen-bond acceptors (Lipinski definition) is 4. The number of carboxylic acid groups (broad SMARTS) is 1. The van der Waals surface area contributed by atoms with Gasteiger partial charge in [0.15, 0.2) is 0 Å². The highest BCUT2D eigenvalue weighted by Crippen LogP contribution is 2.01. The van der Waals surface area contributed by atoms with Crippen LogP contribution in [0.4, 0.5) is 0 Å². The SMILES string of the molecule is NC(=O)CN(CC(=O)O)C(=O)COCc1ccccc1. The highest BCUT2D eigenvalue weighted by atomic mass is 16.5. The molecule has 0 aliphatic heterocycles. The van der Waals surface area contributed by atoms with Crippen LogP contribution in [0.1, 0.15) is 5.56 Å². The zero-order valence-electron chi connectivity index (χ0n) is 10.8. The van der Waals surface area contributed by atoms with Crippen molar-refractivity contribution in [1.29, 1.82) is 0 Å². The summed E-state index contributed by atoms with van der Waals surface area (Å²) in [5, 5.41) is 8.66. The third kappa shape index (κ3) is 5.96. The van der Waals surface area contributed by atoms with Gasteiger partial charge in [0.25, 0.3) is 0 Å². The van der Waals surface area contributed by atoms with E-state index in [1.54, 1.807) is 0 Å². The van der Waals surface area contributed by atoms with Crippen LogP contribution in [0.15, 0.2) is 30.3 Å². The summed E-state index contributed by atoms with van der Waals surface area (Å²) in [5.74, 6) is -2.59. The molecule has 0 bridgehead atoms. The first-order valence-electron chi connectivity index (χ1n) is 5.88. The van der Waals surface area contributed by atoms with Gasteiger partial charge in [-0.1, -0.05) is 30.3 Å². The van der Waals surface area contributed by atoms with E-state index in [0.29, 0.717) is 0 Å². The molecule has 108 valence electrons. The van der Waals surface area contributed by atoms with Gasteiger partial charge in [-0.3, -0.25) is 14.4 Å². The Morgan fingerprint density at radius 1 is 1.15 bits per heavy atom.